The van der Waals surface area contributed by atoms with E-state index >= 15 is 0 Å². The number of hydrogen-bond acceptors (Lipinski definition) is 4. The molecule has 7 nitrogen and oxygen atoms in total. The Balaban J connectivity index is 2.00. The summed E-state index contributed by atoms with van der Waals surface area (Å²) < 4.78 is 1.78. The maximum absolute atomic E-state index is 12.9. The van der Waals surface area contributed by atoms with Gasteiger partial charge in [0.1, 0.15) is 11.2 Å². The molecular weight excluding hydrogens is 368 g/mol. The van der Waals surface area contributed by atoms with Crippen LogP contribution in [0.5, 0.6) is 0 Å². The second-order valence-electron chi connectivity index (χ2n) is 6.74. The molecule has 0 unspecified atom stereocenters. The number of carbonyl (C=O) groups is 2. The monoisotopic (exact) mass is 392 g/mol. The first-order valence-corrected chi connectivity index (χ1v) is 9.65. The molecule has 0 aliphatic heterocycles. The van der Waals surface area contributed by atoms with E-state index in [1.165, 1.54) is 6.20 Å². The molecule has 0 aliphatic carbocycles. The lowest BCUT2D eigenvalue weighted by molar-refractivity contribution is 0.0954. The Morgan fingerprint density at radius 1 is 1.03 bits per heavy atom. The van der Waals surface area contributed by atoms with Crippen molar-refractivity contribution in [3.8, 4) is 0 Å². The molecule has 2 aromatic heterocycles. The molecule has 0 radical (unpaired) electrons. The van der Waals surface area contributed by atoms with Crippen molar-refractivity contribution in [2.45, 2.75) is 33.7 Å². The quantitative estimate of drug-likeness (QED) is 0.674. The number of benzene rings is 1. The molecule has 150 valence electrons. The van der Waals surface area contributed by atoms with Gasteiger partial charge in [0.25, 0.3) is 11.8 Å². The Morgan fingerprint density at radius 2 is 1.79 bits per heavy atom. The highest BCUT2D eigenvalue weighted by atomic mass is 16.2. The summed E-state index contributed by atoms with van der Waals surface area (Å²) in [7, 11) is 0. The van der Waals surface area contributed by atoms with Crippen molar-refractivity contribution in [2.75, 3.05) is 11.9 Å². The van der Waals surface area contributed by atoms with Crippen molar-refractivity contribution in [1.82, 2.24) is 14.9 Å². The Labute approximate surface area is 168 Å². The fraction of sp³-hybridized carbons (Fsp3) is 0.273. The van der Waals surface area contributed by atoms with E-state index in [2.05, 4.69) is 15.6 Å². The Bertz CT molecular complexity index is 1130. The van der Waals surface area contributed by atoms with Crippen LogP contribution in [0.25, 0.3) is 11.0 Å². The minimum atomic E-state index is -0.560. The highest BCUT2D eigenvalue weighted by Gasteiger charge is 2.18. The molecule has 0 spiro atoms. The molecule has 0 aliphatic rings. The molecule has 3 aromatic rings. The van der Waals surface area contributed by atoms with Gasteiger partial charge in [-0.25, -0.2) is 4.98 Å². The van der Waals surface area contributed by atoms with E-state index in [0.29, 0.717) is 35.4 Å². The fourth-order valence-electron chi connectivity index (χ4n) is 3.08. The number of carbonyl (C=O) groups excluding carboxylic acids is 2. The normalized spacial score (nSPS) is 10.7. The Morgan fingerprint density at radius 3 is 2.52 bits per heavy atom. The van der Waals surface area contributed by atoms with E-state index in [0.717, 1.165) is 12.1 Å². The number of rotatable bonds is 6. The maximum atomic E-state index is 12.9. The lowest BCUT2D eigenvalue weighted by Crippen LogP contribution is -2.27. The van der Waals surface area contributed by atoms with Crippen molar-refractivity contribution < 1.29 is 9.59 Å². The van der Waals surface area contributed by atoms with Crippen LogP contribution in [0.15, 0.2) is 47.4 Å². The van der Waals surface area contributed by atoms with Gasteiger partial charge in [-0.15, -0.1) is 0 Å². The molecule has 0 fully saturated rings. The van der Waals surface area contributed by atoms with Gasteiger partial charge in [-0.2, -0.15) is 0 Å². The number of fused-ring (bicyclic) bond motifs is 1. The number of amides is 2. The molecule has 7 heteroatoms. The van der Waals surface area contributed by atoms with Crippen LogP contribution in [-0.4, -0.2) is 27.9 Å². The molecule has 2 amide bonds. The highest BCUT2D eigenvalue weighted by molar-refractivity contribution is 6.09. The lowest BCUT2D eigenvalue weighted by atomic mass is 10.1. The minimum Gasteiger partial charge on any atom is -0.352 e. The van der Waals surface area contributed by atoms with E-state index < -0.39 is 5.91 Å². The summed E-state index contributed by atoms with van der Waals surface area (Å²) in [6.45, 7) is 6.83. The third kappa shape index (κ3) is 4.18. The van der Waals surface area contributed by atoms with Crippen molar-refractivity contribution in [3.05, 3.63) is 69.6 Å². The minimum absolute atomic E-state index is 0.00812. The Kier molecular flexibility index (Phi) is 6.07. The summed E-state index contributed by atoms with van der Waals surface area (Å²) in [5, 5.41) is 5.90. The van der Waals surface area contributed by atoms with Crippen LogP contribution in [0.4, 0.5) is 5.69 Å². The number of hydrogen-bond donors (Lipinski definition) is 2. The first-order valence-electron chi connectivity index (χ1n) is 9.65. The molecule has 0 atom stereocenters. The second-order valence-corrected chi connectivity index (χ2v) is 6.74. The predicted molar refractivity (Wildman–Crippen MR) is 113 cm³/mol. The number of anilines is 1. The number of para-hydroxylation sites is 1. The van der Waals surface area contributed by atoms with Crippen LogP contribution in [0.2, 0.25) is 0 Å². The summed E-state index contributed by atoms with van der Waals surface area (Å²) in [6.07, 6.45) is 2.33. The third-order valence-electron chi connectivity index (χ3n) is 4.60. The zero-order valence-corrected chi connectivity index (χ0v) is 16.8. The van der Waals surface area contributed by atoms with Crippen molar-refractivity contribution in [2.24, 2.45) is 0 Å². The average molecular weight is 392 g/mol. The SMILES string of the molecule is CCCNC(=O)c1ccccc1NC(=O)c1cn(CC)c2nc(C)ccc2c1=O. The average Bonchev–Trinajstić information content (AvgIpc) is 2.72. The molecule has 0 saturated carbocycles. The number of aryl methyl sites for hydroxylation is 2. The van der Waals surface area contributed by atoms with E-state index in [1.807, 2.05) is 20.8 Å². The molecule has 2 N–H and O–H groups in total. The number of pyridine rings is 2. The molecule has 0 bridgehead atoms. The standard InChI is InChI=1S/C22H24N4O3/c1-4-12-23-21(28)15-8-6-7-9-18(15)25-22(29)17-13-26(5-2)20-16(19(17)27)11-10-14(3)24-20/h6-11,13H,4-5,12H2,1-3H3,(H,23,28)(H,25,29). The first-order chi connectivity index (χ1) is 14.0. The second kappa shape index (κ2) is 8.68. The van der Waals surface area contributed by atoms with Crippen molar-refractivity contribution in [3.63, 3.8) is 0 Å². The van der Waals surface area contributed by atoms with Crippen LogP contribution >= 0.6 is 0 Å². The first kappa shape index (κ1) is 20.3. The topological polar surface area (TPSA) is 93.1 Å². The number of aromatic nitrogens is 2. The zero-order valence-electron chi connectivity index (χ0n) is 16.8. The van der Waals surface area contributed by atoms with Gasteiger partial charge in [-0.3, -0.25) is 14.4 Å². The fourth-order valence-corrected chi connectivity index (χ4v) is 3.08. The molecular formula is C22H24N4O3. The number of nitrogens with one attached hydrogen (secondary N) is 2. The zero-order chi connectivity index (χ0) is 21.0. The molecule has 29 heavy (non-hydrogen) atoms. The van der Waals surface area contributed by atoms with Crippen LogP contribution in [0.3, 0.4) is 0 Å². The summed E-state index contributed by atoms with van der Waals surface area (Å²) in [4.78, 5) is 42.6. The lowest BCUT2D eigenvalue weighted by Gasteiger charge is -2.13. The van der Waals surface area contributed by atoms with Gasteiger partial charge in [0.05, 0.1) is 16.6 Å². The van der Waals surface area contributed by atoms with Gasteiger partial charge in [-0.1, -0.05) is 19.1 Å². The van der Waals surface area contributed by atoms with Crippen LogP contribution in [0.1, 0.15) is 46.7 Å². The van der Waals surface area contributed by atoms with Crippen LogP contribution in [0, 0.1) is 6.92 Å². The van der Waals surface area contributed by atoms with E-state index in [9.17, 15) is 14.4 Å². The van der Waals surface area contributed by atoms with Crippen molar-refractivity contribution in [1.29, 1.82) is 0 Å². The van der Waals surface area contributed by atoms with E-state index in [4.69, 9.17) is 0 Å². The van der Waals surface area contributed by atoms with Gasteiger partial charge in [0, 0.05) is 25.0 Å². The summed E-state index contributed by atoms with van der Waals surface area (Å²) >= 11 is 0. The molecule has 3 rings (SSSR count). The van der Waals surface area contributed by atoms with Crippen molar-refractivity contribution >= 4 is 28.5 Å². The van der Waals surface area contributed by atoms with Crippen LogP contribution < -0.4 is 16.1 Å². The molecule has 1 aromatic carbocycles. The van der Waals surface area contributed by atoms with Gasteiger partial charge < -0.3 is 15.2 Å². The predicted octanol–water partition coefficient (Wildman–Crippen LogP) is 3.12. The smallest absolute Gasteiger partial charge is 0.261 e. The summed E-state index contributed by atoms with van der Waals surface area (Å²) in [6, 6.07) is 10.2. The van der Waals surface area contributed by atoms with Crippen LogP contribution in [-0.2, 0) is 6.54 Å². The van der Waals surface area contributed by atoms with E-state index in [1.54, 1.807) is 41.0 Å². The van der Waals surface area contributed by atoms with Gasteiger partial charge in [0.2, 0.25) is 5.43 Å². The molecule has 2 heterocycles. The highest BCUT2D eigenvalue weighted by Crippen LogP contribution is 2.17. The summed E-state index contributed by atoms with van der Waals surface area (Å²) in [5.74, 6) is -0.831. The largest absolute Gasteiger partial charge is 0.352 e. The summed E-state index contributed by atoms with van der Waals surface area (Å²) in [5.41, 5.74) is 1.67. The third-order valence-corrected chi connectivity index (χ3v) is 4.60. The molecule has 0 saturated heterocycles. The van der Waals surface area contributed by atoms with Gasteiger partial charge in [0.15, 0.2) is 0 Å². The van der Waals surface area contributed by atoms with Gasteiger partial charge >= 0.3 is 0 Å². The number of nitrogens with zero attached hydrogens (tertiary/aromatic N) is 2. The Hall–Kier alpha value is -3.48. The maximum Gasteiger partial charge on any atom is 0.261 e. The van der Waals surface area contributed by atoms with E-state index in [-0.39, 0.29) is 16.9 Å². The van der Waals surface area contributed by atoms with Gasteiger partial charge in [-0.05, 0) is 44.5 Å².